The summed E-state index contributed by atoms with van der Waals surface area (Å²) in [5.74, 6) is 2.27. The largest absolute Gasteiger partial charge is 0.495 e. The highest BCUT2D eigenvalue weighted by molar-refractivity contribution is 6.32. The van der Waals surface area contributed by atoms with Gasteiger partial charge in [-0.1, -0.05) is 48.0 Å². The zero-order valence-corrected chi connectivity index (χ0v) is 19.0. The van der Waals surface area contributed by atoms with Crippen LogP contribution >= 0.6 is 11.6 Å². The van der Waals surface area contributed by atoms with Gasteiger partial charge >= 0.3 is 0 Å². The highest BCUT2D eigenvalue weighted by Gasteiger charge is 2.35. The molecule has 0 radical (unpaired) electrons. The van der Waals surface area contributed by atoms with Gasteiger partial charge in [-0.15, -0.1) is 0 Å². The highest BCUT2D eigenvalue weighted by Crippen LogP contribution is 2.37. The van der Waals surface area contributed by atoms with E-state index in [0.29, 0.717) is 42.6 Å². The Labute approximate surface area is 197 Å². The van der Waals surface area contributed by atoms with Crippen molar-refractivity contribution in [1.82, 2.24) is 9.55 Å². The van der Waals surface area contributed by atoms with Crippen molar-refractivity contribution < 1.29 is 14.3 Å². The molecule has 33 heavy (non-hydrogen) atoms. The van der Waals surface area contributed by atoms with Gasteiger partial charge in [0, 0.05) is 18.9 Å². The number of nitrogens with zero attached hydrogens (tertiary/aromatic N) is 3. The van der Waals surface area contributed by atoms with Crippen molar-refractivity contribution in [3.63, 3.8) is 0 Å². The molecule has 1 aliphatic heterocycles. The summed E-state index contributed by atoms with van der Waals surface area (Å²) in [6.07, 6.45) is 0.396. The maximum absolute atomic E-state index is 13.0. The first-order valence-corrected chi connectivity index (χ1v) is 11.3. The molecule has 1 aromatic heterocycles. The van der Waals surface area contributed by atoms with Crippen LogP contribution in [0.3, 0.4) is 0 Å². The fourth-order valence-corrected chi connectivity index (χ4v) is 4.61. The first kappa shape index (κ1) is 21.3. The zero-order valence-electron chi connectivity index (χ0n) is 18.3. The lowest BCUT2D eigenvalue weighted by molar-refractivity contribution is -0.117. The first-order valence-electron chi connectivity index (χ1n) is 10.9. The molecule has 2 heterocycles. The van der Waals surface area contributed by atoms with Crippen LogP contribution < -0.4 is 14.4 Å². The van der Waals surface area contributed by atoms with Crippen molar-refractivity contribution >= 4 is 34.2 Å². The van der Waals surface area contributed by atoms with Gasteiger partial charge in [0.05, 0.1) is 35.4 Å². The summed E-state index contributed by atoms with van der Waals surface area (Å²) in [5.41, 5.74) is 2.73. The molecule has 0 aliphatic carbocycles. The third-order valence-corrected chi connectivity index (χ3v) is 6.27. The van der Waals surface area contributed by atoms with Gasteiger partial charge in [0.2, 0.25) is 5.91 Å². The monoisotopic (exact) mass is 461 g/mol. The van der Waals surface area contributed by atoms with Gasteiger partial charge in [-0.05, 0) is 36.4 Å². The number of carbonyl (C=O) groups is 1. The van der Waals surface area contributed by atoms with Crippen molar-refractivity contribution in [2.45, 2.75) is 18.9 Å². The average Bonchev–Trinajstić information content (AvgIpc) is 3.41. The van der Waals surface area contributed by atoms with Gasteiger partial charge in [0.15, 0.2) is 0 Å². The van der Waals surface area contributed by atoms with E-state index < -0.39 is 0 Å². The number of aromatic nitrogens is 2. The molecule has 168 valence electrons. The second-order valence-electron chi connectivity index (χ2n) is 7.97. The average molecular weight is 462 g/mol. The van der Waals surface area contributed by atoms with E-state index in [4.69, 9.17) is 26.1 Å². The van der Waals surface area contributed by atoms with Gasteiger partial charge in [-0.3, -0.25) is 4.79 Å². The molecule has 0 N–H and O–H groups in total. The number of methoxy groups -OCH3 is 1. The number of amides is 1. The Morgan fingerprint density at radius 3 is 2.55 bits per heavy atom. The number of ether oxygens (including phenoxy) is 2. The summed E-state index contributed by atoms with van der Waals surface area (Å²) in [7, 11) is 1.62. The van der Waals surface area contributed by atoms with E-state index in [0.717, 1.165) is 22.5 Å². The zero-order chi connectivity index (χ0) is 22.8. The molecule has 5 rings (SSSR count). The Hall–Kier alpha value is -3.51. The van der Waals surface area contributed by atoms with Crippen LogP contribution in [0, 0.1) is 0 Å². The van der Waals surface area contributed by atoms with E-state index >= 15 is 0 Å². The molecule has 7 heteroatoms. The van der Waals surface area contributed by atoms with E-state index in [1.54, 1.807) is 12.0 Å². The van der Waals surface area contributed by atoms with Crippen LogP contribution in [-0.2, 0) is 11.3 Å². The van der Waals surface area contributed by atoms with Crippen molar-refractivity contribution in [3.8, 4) is 11.5 Å². The lowest BCUT2D eigenvalue weighted by Crippen LogP contribution is -2.25. The SMILES string of the molecule is COc1ccccc1N1C[C@@H](c2nc3ccccc3n2CCOc2ccccc2Cl)CC1=O. The van der Waals surface area contributed by atoms with Crippen LogP contribution in [0.1, 0.15) is 18.2 Å². The highest BCUT2D eigenvalue weighted by atomic mass is 35.5. The number of benzene rings is 3. The fourth-order valence-electron chi connectivity index (χ4n) is 4.42. The molecule has 1 saturated heterocycles. The minimum atomic E-state index is -0.0323. The fraction of sp³-hybridized carbons (Fsp3) is 0.231. The predicted octanol–water partition coefficient (Wildman–Crippen LogP) is 5.30. The smallest absolute Gasteiger partial charge is 0.227 e. The Bertz CT molecular complexity index is 1300. The first-order chi connectivity index (χ1) is 16.2. The molecule has 0 spiro atoms. The number of para-hydroxylation sites is 5. The number of anilines is 1. The van der Waals surface area contributed by atoms with Crippen LogP contribution in [0.15, 0.2) is 72.8 Å². The van der Waals surface area contributed by atoms with E-state index in [2.05, 4.69) is 10.6 Å². The van der Waals surface area contributed by atoms with Crippen LogP contribution in [0.4, 0.5) is 5.69 Å². The number of halogens is 1. The van der Waals surface area contributed by atoms with Gasteiger partial charge in [-0.2, -0.15) is 0 Å². The van der Waals surface area contributed by atoms with Crippen molar-refractivity contribution in [3.05, 3.63) is 83.6 Å². The number of fused-ring (bicyclic) bond motifs is 1. The number of carbonyl (C=O) groups excluding carboxylic acids is 1. The number of imidazole rings is 1. The lowest BCUT2D eigenvalue weighted by Gasteiger charge is -2.20. The third-order valence-electron chi connectivity index (χ3n) is 5.96. The van der Waals surface area contributed by atoms with Crippen LogP contribution in [-0.4, -0.2) is 35.7 Å². The quantitative estimate of drug-likeness (QED) is 0.375. The Balaban J connectivity index is 1.42. The molecule has 3 aromatic carbocycles. The molecule has 0 saturated carbocycles. The van der Waals surface area contributed by atoms with E-state index in [1.165, 1.54) is 0 Å². The molecule has 1 fully saturated rings. The topological polar surface area (TPSA) is 56.6 Å². The minimum Gasteiger partial charge on any atom is -0.495 e. The van der Waals surface area contributed by atoms with Crippen molar-refractivity contribution in [2.24, 2.45) is 0 Å². The van der Waals surface area contributed by atoms with Crippen LogP contribution in [0.2, 0.25) is 5.02 Å². The normalized spacial score (nSPS) is 15.9. The van der Waals surface area contributed by atoms with Gasteiger partial charge in [-0.25, -0.2) is 4.98 Å². The Morgan fingerprint density at radius 1 is 1.00 bits per heavy atom. The summed E-state index contributed by atoms with van der Waals surface area (Å²) in [4.78, 5) is 19.7. The molecule has 0 bridgehead atoms. The van der Waals surface area contributed by atoms with E-state index in [9.17, 15) is 4.79 Å². The second kappa shape index (κ2) is 9.16. The molecule has 1 amide bonds. The molecular formula is C26H24ClN3O3. The molecule has 6 nitrogen and oxygen atoms in total. The maximum Gasteiger partial charge on any atom is 0.227 e. The van der Waals surface area contributed by atoms with Crippen LogP contribution in [0.5, 0.6) is 11.5 Å². The van der Waals surface area contributed by atoms with Gasteiger partial charge < -0.3 is 18.9 Å². The third kappa shape index (κ3) is 4.14. The summed E-state index contributed by atoms with van der Waals surface area (Å²) in [5, 5.41) is 0.585. The molecule has 1 aliphatic rings. The van der Waals surface area contributed by atoms with Crippen LogP contribution in [0.25, 0.3) is 11.0 Å². The predicted molar refractivity (Wildman–Crippen MR) is 129 cm³/mol. The summed E-state index contributed by atoms with van der Waals surface area (Å²) in [6, 6.07) is 23.1. The lowest BCUT2D eigenvalue weighted by atomic mass is 10.1. The molecular weight excluding hydrogens is 438 g/mol. The number of hydrogen-bond acceptors (Lipinski definition) is 4. The van der Waals surface area contributed by atoms with Gasteiger partial charge in [0.25, 0.3) is 0 Å². The van der Waals surface area contributed by atoms with Crippen molar-refractivity contribution in [2.75, 3.05) is 25.2 Å². The Morgan fingerprint density at radius 2 is 1.73 bits per heavy atom. The standard InChI is InChI=1S/C26H24ClN3O3/c1-32-24-13-7-5-11-22(24)30-17-18(16-25(30)31)26-28-20-9-3-4-10-21(20)29(26)14-15-33-23-12-6-2-8-19(23)27/h2-13,18H,14-17H2,1H3/t18-/m0/s1. The summed E-state index contributed by atoms with van der Waals surface area (Å²) in [6.45, 7) is 1.59. The molecule has 0 unspecified atom stereocenters. The Kier molecular flexibility index (Phi) is 5.92. The number of rotatable bonds is 7. The molecule has 1 atom stereocenters. The summed E-state index contributed by atoms with van der Waals surface area (Å²) < 4.78 is 13.6. The summed E-state index contributed by atoms with van der Waals surface area (Å²) >= 11 is 6.23. The van der Waals surface area contributed by atoms with Crippen molar-refractivity contribution in [1.29, 1.82) is 0 Å². The number of hydrogen-bond donors (Lipinski definition) is 0. The maximum atomic E-state index is 13.0. The minimum absolute atomic E-state index is 0.0323. The van der Waals surface area contributed by atoms with E-state index in [1.807, 2.05) is 66.7 Å². The molecule has 4 aromatic rings. The second-order valence-corrected chi connectivity index (χ2v) is 8.37. The van der Waals surface area contributed by atoms with Gasteiger partial charge in [0.1, 0.15) is 23.9 Å². The van der Waals surface area contributed by atoms with E-state index in [-0.39, 0.29) is 11.8 Å².